The molecule has 0 atom stereocenters. The fourth-order valence-corrected chi connectivity index (χ4v) is 2.41. The molecule has 4 rings (SSSR count). The molecule has 1 amide bonds. The highest BCUT2D eigenvalue weighted by molar-refractivity contribution is 6.02. The largest absolute Gasteiger partial charge is 0.441 e. The summed E-state index contributed by atoms with van der Waals surface area (Å²) in [6, 6.07) is 12.7. The highest BCUT2D eigenvalue weighted by Gasteiger charge is 2.06. The van der Waals surface area contributed by atoms with Crippen molar-refractivity contribution < 1.29 is 13.6 Å². The third-order valence-corrected chi connectivity index (χ3v) is 3.45. The molecule has 2 aromatic heterocycles. The van der Waals surface area contributed by atoms with E-state index in [9.17, 15) is 4.79 Å². The van der Waals surface area contributed by atoms with Gasteiger partial charge in [0.25, 0.3) is 0 Å². The first kappa shape index (κ1) is 14.2. The molecule has 2 heterocycles. The Bertz CT molecular complexity index is 1040. The minimum absolute atomic E-state index is 0.281. The van der Waals surface area contributed by atoms with Crippen molar-refractivity contribution in [2.24, 2.45) is 0 Å². The molecule has 24 heavy (non-hydrogen) atoms. The number of hydrogen-bond acceptors (Lipinski definition) is 5. The molecule has 0 saturated carbocycles. The molecule has 0 saturated heterocycles. The first-order valence-corrected chi connectivity index (χ1v) is 7.39. The maximum absolute atomic E-state index is 12.0. The van der Waals surface area contributed by atoms with E-state index in [0.717, 1.165) is 5.52 Å². The number of amides is 1. The summed E-state index contributed by atoms with van der Waals surface area (Å²) in [6.07, 6.45) is 2.91. The normalized spacial score (nSPS) is 11.5. The van der Waals surface area contributed by atoms with Gasteiger partial charge in [-0.3, -0.25) is 4.79 Å². The molecular weight excluding hydrogens is 306 g/mol. The van der Waals surface area contributed by atoms with Crippen LogP contribution in [0.15, 0.2) is 57.4 Å². The Balaban J connectivity index is 1.50. The molecule has 1 N–H and O–H groups in total. The average Bonchev–Trinajstić information content (AvgIpc) is 3.14. The zero-order chi connectivity index (χ0) is 16.5. The first-order chi connectivity index (χ1) is 11.7. The van der Waals surface area contributed by atoms with Crippen LogP contribution in [0.1, 0.15) is 11.8 Å². The van der Waals surface area contributed by atoms with Gasteiger partial charge in [-0.2, -0.15) is 0 Å². The number of oxazole rings is 2. The predicted octanol–water partition coefficient (Wildman–Crippen LogP) is 3.93. The topological polar surface area (TPSA) is 81.2 Å². The Morgan fingerprint density at radius 2 is 1.88 bits per heavy atom. The van der Waals surface area contributed by atoms with Gasteiger partial charge in [-0.15, -0.1) is 0 Å². The van der Waals surface area contributed by atoms with Gasteiger partial charge in [-0.05, 0) is 30.3 Å². The van der Waals surface area contributed by atoms with E-state index in [1.54, 1.807) is 25.1 Å². The molecule has 2 aromatic carbocycles. The van der Waals surface area contributed by atoms with Gasteiger partial charge in [0, 0.05) is 24.8 Å². The van der Waals surface area contributed by atoms with Crippen molar-refractivity contribution in [2.45, 2.75) is 6.92 Å². The summed E-state index contributed by atoms with van der Waals surface area (Å²) in [5, 5.41) is 2.77. The molecule has 6 heteroatoms. The first-order valence-electron chi connectivity index (χ1n) is 7.39. The third kappa shape index (κ3) is 2.77. The second-order valence-electron chi connectivity index (χ2n) is 5.26. The van der Waals surface area contributed by atoms with Crippen molar-refractivity contribution in [3.63, 3.8) is 0 Å². The van der Waals surface area contributed by atoms with Crippen molar-refractivity contribution in [1.82, 2.24) is 9.97 Å². The number of para-hydroxylation sites is 2. The Hall–Kier alpha value is -3.41. The van der Waals surface area contributed by atoms with Crippen molar-refractivity contribution in [3.05, 3.63) is 60.3 Å². The van der Waals surface area contributed by atoms with Gasteiger partial charge in [0.05, 0.1) is 0 Å². The van der Waals surface area contributed by atoms with Crippen LogP contribution < -0.4 is 5.32 Å². The number of benzene rings is 2. The van der Waals surface area contributed by atoms with Gasteiger partial charge in [-0.1, -0.05) is 12.1 Å². The zero-order valence-corrected chi connectivity index (χ0v) is 12.8. The minimum Gasteiger partial charge on any atom is -0.441 e. The second kappa shape index (κ2) is 5.66. The summed E-state index contributed by atoms with van der Waals surface area (Å²) in [5.74, 6) is 0.690. The highest BCUT2D eigenvalue weighted by Crippen LogP contribution is 2.20. The molecule has 0 fully saturated rings. The summed E-state index contributed by atoms with van der Waals surface area (Å²) < 4.78 is 10.9. The standard InChI is InChI=1S/C18H13N3O3/c1-11-19-14-10-12(6-7-16(14)23-11)20-17(22)8-9-18-21-13-4-2-3-5-15(13)24-18/h2-10H,1H3,(H,20,22)/b9-8+. The summed E-state index contributed by atoms with van der Waals surface area (Å²) in [6.45, 7) is 1.78. The quantitative estimate of drug-likeness (QED) is 0.579. The van der Waals surface area contributed by atoms with E-state index in [0.29, 0.717) is 34.2 Å². The SMILES string of the molecule is Cc1nc2cc(NC(=O)/C=C/c3nc4ccccc4o3)ccc2o1. The molecule has 118 valence electrons. The van der Waals surface area contributed by atoms with E-state index in [2.05, 4.69) is 15.3 Å². The number of aryl methyl sites for hydroxylation is 1. The van der Waals surface area contributed by atoms with Gasteiger partial charge in [0.15, 0.2) is 17.1 Å². The van der Waals surface area contributed by atoms with Crippen LogP contribution in [0.3, 0.4) is 0 Å². The fraction of sp³-hybridized carbons (Fsp3) is 0.0556. The number of anilines is 1. The number of hydrogen-bond donors (Lipinski definition) is 1. The summed E-state index contributed by atoms with van der Waals surface area (Å²) in [4.78, 5) is 20.5. The van der Waals surface area contributed by atoms with E-state index >= 15 is 0 Å². The number of nitrogens with one attached hydrogen (secondary N) is 1. The van der Waals surface area contributed by atoms with E-state index in [-0.39, 0.29) is 5.91 Å². The maximum Gasteiger partial charge on any atom is 0.248 e. The lowest BCUT2D eigenvalue weighted by Gasteiger charge is -2.00. The van der Waals surface area contributed by atoms with Gasteiger partial charge in [0.2, 0.25) is 11.8 Å². The lowest BCUT2D eigenvalue weighted by molar-refractivity contribution is -0.111. The molecule has 0 unspecified atom stereocenters. The number of rotatable bonds is 3. The summed E-state index contributed by atoms with van der Waals surface area (Å²) >= 11 is 0. The molecule has 4 aromatic rings. The Morgan fingerprint density at radius 3 is 2.75 bits per heavy atom. The predicted molar refractivity (Wildman–Crippen MR) is 90.4 cm³/mol. The van der Waals surface area contributed by atoms with Crippen LogP contribution in [0.4, 0.5) is 5.69 Å². The third-order valence-electron chi connectivity index (χ3n) is 3.45. The number of nitrogens with zero attached hydrogens (tertiary/aromatic N) is 2. The fourth-order valence-electron chi connectivity index (χ4n) is 2.41. The van der Waals surface area contributed by atoms with Crippen molar-refractivity contribution >= 4 is 39.9 Å². The number of aromatic nitrogens is 2. The second-order valence-corrected chi connectivity index (χ2v) is 5.26. The lowest BCUT2D eigenvalue weighted by atomic mass is 10.3. The van der Waals surface area contributed by atoms with Crippen LogP contribution in [-0.4, -0.2) is 15.9 Å². The van der Waals surface area contributed by atoms with Crippen LogP contribution in [0.5, 0.6) is 0 Å². The maximum atomic E-state index is 12.0. The molecule has 0 bridgehead atoms. The molecule has 0 spiro atoms. The van der Waals surface area contributed by atoms with E-state index in [1.165, 1.54) is 12.2 Å². The summed E-state index contributed by atoms with van der Waals surface area (Å²) in [7, 11) is 0. The molecule has 0 aliphatic carbocycles. The van der Waals surface area contributed by atoms with Crippen molar-refractivity contribution in [2.75, 3.05) is 5.32 Å². The zero-order valence-electron chi connectivity index (χ0n) is 12.8. The van der Waals surface area contributed by atoms with E-state index < -0.39 is 0 Å². The molecule has 0 aliphatic heterocycles. The Morgan fingerprint density at radius 1 is 1.04 bits per heavy atom. The van der Waals surface area contributed by atoms with Crippen LogP contribution in [0.2, 0.25) is 0 Å². The van der Waals surface area contributed by atoms with Crippen LogP contribution in [0.25, 0.3) is 28.3 Å². The van der Waals surface area contributed by atoms with Crippen LogP contribution >= 0.6 is 0 Å². The van der Waals surface area contributed by atoms with Crippen molar-refractivity contribution in [3.8, 4) is 0 Å². The van der Waals surface area contributed by atoms with Crippen LogP contribution in [-0.2, 0) is 4.79 Å². The Kier molecular flexibility index (Phi) is 3.35. The van der Waals surface area contributed by atoms with Gasteiger partial charge in [-0.25, -0.2) is 9.97 Å². The smallest absolute Gasteiger partial charge is 0.248 e. The van der Waals surface area contributed by atoms with Gasteiger partial charge in [0.1, 0.15) is 11.0 Å². The molecule has 6 nitrogen and oxygen atoms in total. The number of carbonyl (C=O) groups excluding carboxylic acids is 1. The molecule has 0 aliphatic rings. The lowest BCUT2D eigenvalue weighted by Crippen LogP contribution is -2.07. The molecular formula is C18H13N3O3. The molecule has 0 radical (unpaired) electrons. The van der Waals surface area contributed by atoms with Crippen molar-refractivity contribution in [1.29, 1.82) is 0 Å². The van der Waals surface area contributed by atoms with E-state index in [1.807, 2.05) is 24.3 Å². The highest BCUT2D eigenvalue weighted by atomic mass is 16.4. The number of fused-ring (bicyclic) bond motifs is 2. The summed E-state index contributed by atoms with van der Waals surface area (Å²) in [5.41, 5.74) is 3.47. The van der Waals surface area contributed by atoms with Gasteiger partial charge >= 0.3 is 0 Å². The monoisotopic (exact) mass is 319 g/mol. The Labute approximate surface area is 136 Å². The number of carbonyl (C=O) groups is 1. The minimum atomic E-state index is -0.281. The van der Waals surface area contributed by atoms with Gasteiger partial charge < -0.3 is 14.2 Å². The van der Waals surface area contributed by atoms with Crippen LogP contribution in [0, 0.1) is 6.92 Å². The van der Waals surface area contributed by atoms with E-state index in [4.69, 9.17) is 8.83 Å². The average molecular weight is 319 g/mol.